The molecule has 7 heavy (non-hydrogen) atoms. The molecule has 0 unspecified atom stereocenters. The smallest absolute Gasteiger partial charge is 1.00 e. The third kappa shape index (κ3) is 11.2. The Bertz CT molecular complexity index is 83.4. The molecule has 7 heteroatoms. The molecule has 4 nitrogen and oxygen atoms in total. The van der Waals surface area contributed by atoms with Gasteiger partial charge in [0.15, 0.2) is 0 Å². The standard InChI is InChI=1S/H4NO3PS.Na.H/c1-4-5(2,3)6;;/h1H2,(H2,2,3,6);;/q;+1;-1. The van der Waals surface area contributed by atoms with E-state index in [0.29, 0.717) is 0 Å². The van der Waals surface area contributed by atoms with Gasteiger partial charge in [0, 0.05) is 0 Å². The van der Waals surface area contributed by atoms with Crippen molar-refractivity contribution in [3.63, 3.8) is 0 Å². The number of hydrogen-bond donors (Lipinski definition) is 3. The summed E-state index contributed by atoms with van der Waals surface area (Å²) in [7, 11) is 0. The van der Waals surface area contributed by atoms with E-state index in [1.165, 1.54) is 0 Å². The summed E-state index contributed by atoms with van der Waals surface area (Å²) < 4.78 is 3.47. The molecule has 0 radical (unpaired) electrons. The zero-order valence-electron chi connectivity index (χ0n) is 4.74. The molecule has 0 saturated carbocycles. The molecule has 0 spiro atoms. The average molecular weight is 153 g/mol. The number of nitrogens with two attached hydrogens (primary N) is 1. The Kier molecular flexibility index (Phi) is 7.07. The summed E-state index contributed by atoms with van der Waals surface area (Å²) in [5.74, 6) is 4.25. The van der Waals surface area contributed by atoms with Gasteiger partial charge in [0.2, 0.25) is 0 Å². The zero-order chi connectivity index (χ0) is 5.21. The van der Waals surface area contributed by atoms with Gasteiger partial charge < -0.3 is 11.2 Å². The molecular weight excluding hydrogens is 148 g/mol. The summed E-state index contributed by atoms with van der Waals surface area (Å²) >= 11 is 3.86. The number of hydrogen-bond acceptors (Lipinski definition) is 3. The van der Waals surface area contributed by atoms with Crippen LogP contribution in [-0.2, 0) is 16.4 Å². The Morgan fingerprint density at radius 2 is 1.86 bits per heavy atom. The Morgan fingerprint density at radius 1 is 1.71 bits per heavy atom. The summed E-state index contributed by atoms with van der Waals surface area (Å²) in [6.45, 7) is -3.54. The minimum atomic E-state index is -3.54. The maximum atomic E-state index is 7.96. The van der Waals surface area contributed by atoms with Crippen molar-refractivity contribution in [3.05, 3.63) is 0 Å². The van der Waals surface area contributed by atoms with E-state index in [2.05, 4.69) is 22.3 Å². The first kappa shape index (κ1) is 11.3. The molecule has 0 aliphatic rings. The van der Waals surface area contributed by atoms with Gasteiger partial charge in [0.25, 0.3) is 0 Å². The largest absolute Gasteiger partial charge is 1.00 e. The van der Waals surface area contributed by atoms with Gasteiger partial charge in [0.1, 0.15) is 0 Å². The monoisotopic (exact) mass is 153 g/mol. The quantitative estimate of drug-likeness (QED) is 0.204. The van der Waals surface area contributed by atoms with Crippen LogP contribution in [0.5, 0.6) is 0 Å². The van der Waals surface area contributed by atoms with Crippen molar-refractivity contribution < 1.29 is 45.4 Å². The van der Waals surface area contributed by atoms with Crippen LogP contribution in [0.4, 0.5) is 0 Å². The molecule has 0 amide bonds. The topological polar surface area (TPSA) is 75.7 Å². The van der Waals surface area contributed by atoms with E-state index >= 15 is 0 Å². The van der Waals surface area contributed by atoms with Crippen molar-refractivity contribution in [1.82, 2.24) is 0 Å². The van der Waals surface area contributed by atoms with Crippen LogP contribution < -0.4 is 35.5 Å². The van der Waals surface area contributed by atoms with Crippen LogP contribution in [0.2, 0.25) is 0 Å². The van der Waals surface area contributed by atoms with Crippen molar-refractivity contribution in [3.8, 4) is 0 Å². The molecule has 0 atom stereocenters. The number of rotatable bonds is 1. The second kappa shape index (κ2) is 4.38. The van der Waals surface area contributed by atoms with Gasteiger partial charge in [-0.3, -0.25) is 0 Å². The van der Waals surface area contributed by atoms with Crippen LogP contribution >= 0.6 is 6.72 Å². The van der Waals surface area contributed by atoms with E-state index < -0.39 is 6.72 Å². The fourth-order valence-corrected chi connectivity index (χ4v) is 0. The van der Waals surface area contributed by atoms with Gasteiger partial charge in [-0.1, -0.05) is 0 Å². The second-order valence-corrected chi connectivity index (χ2v) is 3.21. The molecular formula is H5NNaO3PS. The van der Waals surface area contributed by atoms with Crippen molar-refractivity contribution >= 4 is 18.5 Å². The first-order chi connectivity index (χ1) is 2.56. The van der Waals surface area contributed by atoms with E-state index in [-0.39, 0.29) is 31.0 Å². The Labute approximate surface area is 69.6 Å². The van der Waals surface area contributed by atoms with E-state index in [0.717, 1.165) is 0 Å². The SMILES string of the molecule is NOP(O)(O)=S.[H-].[Na+]. The molecule has 0 aromatic heterocycles. The van der Waals surface area contributed by atoms with Crippen molar-refractivity contribution in [2.45, 2.75) is 0 Å². The molecule has 0 aromatic rings. The van der Waals surface area contributed by atoms with Crippen LogP contribution in [-0.4, -0.2) is 9.79 Å². The third-order valence-electron chi connectivity index (χ3n) is 0.137. The van der Waals surface area contributed by atoms with Crippen LogP contribution in [0, 0.1) is 0 Å². The average Bonchev–Trinajstić information content (AvgIpc) is 1.35. The Balaban J connectivity index is -0.000000125. The van der Waals surface area contributed by atoms with Crippen molar-refractivity contribution in [2.75, 3.05) is 0 Å². The summed E-state index contributed by atoms with van der Waals surface area (Å²) in [4.78, 5) is 15.9. The maximum Gasteiger partial charge on any atom is 1.00 e. The second-order valence-electron chi connectivity index (χ2n) is 0.596. The molecule has 0 aromatic carbocycles. The summed E-state index contributed by atoms with van der Waals surface area (Å²) in [6, 6.07) is 0. The van der Waals surface area contributed by atoms with E-state index in [1.807, 2.05) is 0 Å². The molecule has 4 N–H and O–H groups in total. The summed E-state index contributed by atoms with van der Waals surface area (Å²) in [5.41, 5.74) is 0. The first-order valence-electron chi connectivity index (χ1n) is 1.00. The molecule has 0 saturated heterocycles. The minimum Gasteiger partial charge on any atom is -1.00 e. The molecule has 0 bridgehead atoms. The molecule has 0 rings (SSSR count). The van der Waals surface area contributed by atoms with Gasteiger partial charge in [-0.15, -0.1) is 0 Å². The van der Waals surface area contributed by atoms with Crippen molar-refractivity contribution in [2.24, 2.45) is 5.90 Å². The third-order valence-corrected chi connectivity index (χ3v) is 0.670. The summed E-state index contributed by atoms with van der Waals surface area (Å²) in [6.07, 6.45) is 0. The van der Waals surface area contributed by atoms with E-state index in [1.54, 1.807) is 0 Å². The van der Waals surface area contributed by atoms with Gasteiger partial charge in [-0.05, 0) is 11.8 Å². The fraction of sp³-hybridized carbons (Fsp3) is 0. The molecule has 0 heterocycles. The predicted octanol–water partition coefficient (Wildman–Crippen LogP) is -3.80. The van der Waals surface area contributed by atoms with Gasteiger partial charge >= 0.3 is 36.3 Å². The molecule has 0 aliphatic heterocycles. The minimum absolute atomic E-state index is 0. The van der Waals surface area contributed by atoms with E-state index in [4.69, 9.17) is 9.79 Å². The van der Waals surface area contributed by atoms with Crippen LogP contribution in [0.25, 0.3) is 0 Å². The molecule has 40 valence electrons. The van der Waals surface area contributed by atoms with Gasteiger partial charge in [0.05, 0.1) is 0 Å². The van der Waals surface area contributed by atoms with E-state index in [9.17, 15) is 0 Å². The van der Waals surface area contributed by atoms with Gasteiger partial charge in [-0.25, -0.2) is 10.5 Å². The van der Waals surface area contributed by atoms with Crippen molar-refractivity contribution in [1.29, 1.82) is 0 Å². The molecule has 0 fully saturated rings. The first-order valence-corrected chi connectivity index (χ1v) is 3.63. The Hall–Kier alpha value is 1.49. The normalized spacial score (nSPS) is 10.1. The zero-order valence-corrected chi connectivity index (χ0v) is 7.45. The summed E-state index contributed by atoms with van der Waals surface area (Å²) in [5, 5.41) is 0. The van der Waals surface area contributed by atoms with Crippen LogP contribution in [0.15, 0.2) is 0 Å². The fourth-order valence-electron chi connectivity index (χ4n) is 0. The van der Waals surface area contributed by atoms with Gasteiger partial charge in [-0.2, -0.15) is 0 Å². The molecule has 0 aliphatic carbocycles. The van der Waals surface area contributed by atoms with Crippen LogP contribution in [0.3, 0.4) is 0 Å². The maximum absolute atomic E-state index is 7.96. The predicted molar refractivity (Wildman–Crippen MR) is 25.1 cm³/mol. The Morgan fingerprint density at radius 3 is 1.86 bits per heavy atom. The van der Waals surface area contributed by atoms with Crippen LogP contribution in [0.1, 0.15) is 1.43 Å².